The molecule has 0 heterocycles. The molecule has 0 saturated heterocycles. The highest BCUT2D eigenvalue weighted by Crippen LogP contribution is 2.42. The monoisotopic (exact) mass is 200 g/mol. The van der Waals surface area contributed by atoms with Crippen LogP contribution in [0.4, 0.5) is 0 Å². The summed E-state index contributed by atoms with van der Waals surface area (Å²) in [6, 6.07) is 8.85. The lowest BCUT2D eigenvalue weighted by atomic mass is 9.75. The van der Waals surface area contributed by atoms with Crippen LogP contribution in [0.1, 0.15) is 50.7 Å². The van der Waals surface area contributed by atoms with Crippen LogP contribution in [-0.2, 0) is 5.41 Å². The maximum atomic E-state index is 2.44. The minimum atomic E-state index is 0.347. The van der Waals surface area contributed by atoms with Crippen LogP contribution in [0.15, 0.2) is 30.3 Å². The fraction of sp³-hybridized carbons (Fsp3) is 0.467. The van der Waals surface area contributed by atoms with E-state index in [1.807, 2.05) is 0 Å². The van der Waals surface area contributed by atoms with Gasteiger partial charge in [0.15, 0.2) is 0 Å². The number of rotatable bonds is 4. The molecule has 0 heteroatoms. The SMILES string of the molecule is CCCC1(CCC)C=Cc2ccccc21. The molecule has 15 heavy (non-hydrogen) atoms. The molecule has 1 aliphatic carbocycles. The van der Waals surface area contributed by atoms with E-state index >= 15 is 0 Å². The van der Waals surface area contributed by atoms with E-state index in [-0.39, 0.29) is 0 Å². The number of hydrogen-bond donors (Lipinski definition) is 0. The highest BCUT2D eigenvalue weighted by molar-refractivity contribution is 5.65. The lowest BCUT2D eigenvalue weighted by Gasteiger charge is -2.28. The molecular weight excluding hydrogens is 180 g/mol. The molecule has 0 saturated carbocycles. The summed E-state index contributed by atoms with van der Waals surface area (Å²) in [5.41, 5.74) is 3.33. The lowest BCUT2D eigenvalue weighted by Crippen LogP contribution is -2.21. The second-order valence-corrected chi connectivity index (χ2v) is 4.58. The first-order valence-corrected chi connectivity index (χ1v) is 6.11. The van der Waals surface area contributed by atoms with Gasteiger partial charge in [-0.25, -0.2) is 0 Å². The van der Waals surface area contributed by atoms with Crippen LogP contribution in [-0.4, -0.2) is 0 Å². The van der Waals surface area contributed by atoms with Crippen LogP contribution >= 0.6 is 0 Å². The van der Waals surface area contributed by atoms with Gasteiger partial charge in [-0.1, -0.05) is 63.1 Å². The van der Waals surface area contributed by atoms with Crippen molar-refractivity contribution in [2.45, 2.75) is 44.9 Å². The molecule has 0 spiro atoms. The summed E-state index contributed by atoms with van der Waals surface area (Å²) in [5, 5.41) is 0. The summed E-state index contributed by atoms with van der Waals surface area (Å²) in [4.78, 5) is 0. The van der Waals surface area contributed by atoms with Crippen molar-refractivity contribution < 1.29 is 0 Å². The fourth-order valence-electron chi connectivity index (χ4n) is 2.89. The van der Waals surface area contributed by atoms with Crippen molar-refractivity contribution >= 4 is 6.08 Å². The molecule has 0 nitrogen and oxygen atoms in total. The molecule has 0 amide bonds. The van der Waals surface area contributed by atoms with E-state index in [1.165, 1.54) is 31.2 Å². The van der Waals surface area contributed by atoms with Crippen molar-refractivity contribution in [1.82, 2.24) is 0 Å². The highest BCUT2D eigenvalue weighted by Gasteiger charge is 2.32. The summed E-state index contributed by atoms with van der Waals surface area (Å²) in [6.45, 7) is 4.57. The zero-order valence-corrected chi connectivity index (χ0v) is 9.79. The Morgan fingerprint density at radius 1 is 1.00 bits per heavy atom. The average molecular weight is 200 g/mol. The summed E-state index contributed by atoms with van der Waals surface area (Å²) < 4.78 is 0. The standard InChI is InChI=1S/C15H20/c1-3-10-15(11-4-2)12-9-13-7-5-6-8-14(13)15/h5-9,12H,3-4,10-11H2,1-2H3. The zero-order valence-electron chi connectivity index (χ0n) is 9.79. The summed E-state index contributed by atoms with van der Waals surface area (Å²) in [7, 11) is 0. The van der Waals surface area contributed by atoms with E-state index in [0.29, 0.717) is 5.41 Å². The van der Waals surface area contributed by atoms with Gasteiger partial charge in [0, 0.05) is 5.41 Å². The predicted octanol–water partition coefficient (Wildman–Crippen LogP) is 4.55. The van der Waals surface area contributed by atoms with Crippen LogP contribution in [0, 0.1) is 0 Å². The van der Waals surface area contributed by atoms with Crippen LogP contribution < -0.4 is 0 Å². The van der Waals surface area contributed by atoms with E-state index in [0.717, 1.165) is 0 Å². The van der Waals surface area contributed by atoms with Gasteiger partial charge in [-0.05, 0) is 24.0 Å². The minimum absolute atomic E-state index is 0.347. The third-order valence-corrected chi connectivity index (χ3v) is 3.47. The fourth-order valence-corrected chi connectivity index (χ4v) is 2.89. The zero-order chi connectivity index (χ0) is 10.7. The first-order chi connectivity index (χ1) is 7.32. The number of fused-ring (bicyclic) bond motifs is 1. The summed E-state index contributed by atoms with van der Waals surface area (Å²) in [6.07, 6.45) is 9.84. The van der Waals surface area contributed by atoms with E-state index < -0.39 is 0 Å². The Morgan fingerprint density at radius 2 is 1.67 bits per heavy atom. The van der Waals surface area contributed by atoms with Gasteiger partial charge in [-0.15, -0.1) is 0 Å². The van der Waals surface area contributed by atoms with Crippen molar-refractivity contribution in [3.05, 3.63) is 41.5 Å². The molecular formula is C15H20. The maximum Gasteiger partial charge on any atom is 0.0141 e. The largest absolute Gasteiger partial charge is 0.0733 e. The van der Waals surface area contributed by atoms with Gasteiger partial charge >= 0.3 is 0 Å². The third kappa shape index (κ3) is 1.73. The first-order valence-electron chi connectivity index (χ1n) is 6.11. The number of benzene rings is 1. The van der Waals surface area contributed by atoms with Crippen LogP contribution in [0.5, 0.6) is 0 Å². The van der Waals surface area contributed by atoms with Crippen LogP contribution in [0.25, 0.3) is 6.08 Å². The normalized spacial score (nSPS) is 16.7. The molecule has 0 atom stereocenters. The smallest absolute Gasteiger partial charge is 0.0141 e. The Labute approximate surface area is 93.0 Å². The highest BCUT2D eigenvalue weighted by atomic mass is 14.4. The van der Waals surface area contributed by atoms with Gasteiger partial charge in [0.05, 0.1) is 0 Å². The first kappa shape index (κ1) is 10.5. The van der Waals surface area contributed by atoms with Crippen molar-refractivity contribution in [1.29, 1.82) is 0 Å². The van der Waals surface area contributed by atoms with E-state index in [1.54, 1.807) is 5.56 Å². The third-order valence-electron chi connectivity index (χ3n) is 3.47. The van der Waals surface area contributed by atoms with Gasteiger partial charge in [-0.2, -0.15) is 0 Å². The van der Waals surface area contributed by atoms with Crippen LogP contribution in [0.3, 0.4) is 0 Å². The average Bonchev–Trinajstić information content (AvgIpc) is 2.60. The molecule has 0 aromatic heterocycles. The Balaban J connectivity index is 2.39. The van der Waals surface area contributed by atoms with E-state index in [4.69, 9.17) is 0 Å². The molecule has 0 N–H and O–H groups in total. The Kier molecular flexibility index (Phi) is 2.95. The molecule has 2 rings (SSSR count). The Bertz CT molecular complexity index is 354. The molecule has 1 aromatic carbocycles. The Hall–Kier alpha value is -1.04. The molecule has 0 unspecified atom stereocenters. The lowest BCUT2D eigenvalue weighted by molar-refractivity contribution is 0.448. The van der Waals surface area contributed by atoms with Gasteiger partial charge < -0.3 is 0 Å². The van der Waals surface area contributed by atoms with Gasteiger partial charge in [-0.3, -0.25) is 0 Å². The quantitative estimate of drug-likeness (QED) is 0.668. The molecule has 80 valence electrons. The van der Waals surface area contributed by atoms with Crippen LogP contribution in [0.2, 0.25) is 0 Å². The van der Waals surface area contributed by atoms with Gasteiger partial charge in [0.1, 0.15) is 0 Å². The molecule has 0 aliphatic heterocycles. The van der Waals surface area contributed by atoms with Gasteiger partial charge in [0.2, 0.25) is 0 Å². The maximum absolute atomic E-state index is 2.44. The molecule has 0 radical (unpaired) electrons. The molecule has 1 aliphatic rings. The summed E-state index contributed by atoms with van der Waals surface area (Å²) in [5.74, 6) is 0. The number of allylic oxidation sites excluding steroid dienone is 1. The molecule has 1 aromatic rings. The molecule has 0 bridgehead atoms. The minimum Gasteiger partial charge on any atom is -0.0733 e. The second-order valence-electron chi connectivity index (χ2n) is 4.58. The topological polar surface area (TPSA) is 0 Å². The van der Waals surface area contributed by atoms with Crippen molar-refractivity contribution in [3.8, 4) is 0 Å². The second kappa shape index (κ2) is 4.22. The van der Waals surface area contributed by atoms with Crippen molar-refractivity contribution in [3.63, 3.8) is 0 Å². The van der Waals surface area contributed by atoms with Gasteiger partial charge in [0.25, 0.3) is 0 Å². The Morgan fingerprint density at radius 3 is 2.33 bits per heavy atom. The van der Waals surface area contributed by atoms with E-state index in [9.17, 15) is 0 Å². The predicted molar refractivity (Wildman–Crippen MR) is 67.0 cm³/mol. The molecule has 0 fully saturated rings. The number of hydrogen-bond acceptors (Lipinski definition) is 0. The van der Waals surface area contributed by atoms with Crippen molar-refractivity contribution in [2.75, 3.05) is 0 Å². The van der Waals surface area contributed by atoms with E-state index in [2.05, 4.69) is 50.3 Å². The summed E-state index contributed by atoms with van der Waals surface area (Å²) >= 11 is 0. The van der Waals surface area contributed by atoms with Crippen molar-refractivity contribution in [2.24, 2.45) is 0 Å².